The lowest BCUT2D eigenvalue weighted by atomic mass is 9.83. The second kappa shape index (κ2) is 6.63. The Hall–Kier alpha value is -0.0500. The lowest BCUT2D eigenvalue weighted by Gasteiger charge is -2.37. The van der Waals surface area contributed by atoms with Gasteiger partial charge in [0.15, 0.2) is 0 Å². The number of halogens is 1. The number of nitrogens with one attached hydrogen (secondary N) is 1. The Kier molecular flexibility index (Phi) is 5.81. The zero-order chi connectivity index (χ0) is 12.0. The first-order chi connectivity index (χ1) is 7.62. The van der Waals surface area contributed by atoms with Gasteiger partial charge in [-0.3, -0.25) is 4.79 Å². The molecule has 0 radical (unpaired) electrons. The van der Waals surface area contributed by atoms with Gasteiger partial charge in [0.2, 0.25) is 5.91 Å². The highest BCUT2D eigenvalue weighted by Crippen LogP contribution is 2.30. The number of carbonyl (C=O) groups is 1. The fourth-order valence-corrected chi connectivity index (χ4v) is 3.03. The Balaban J connectivity index is 2.45. The molecule has 0 spiro atoms. The summed E-state index contributed by atoms with van der Waals surface area (Å²) in [4.78, 5) is 11.9. The largest absolute Gasteiger partial charge is 0.350 e. The number of hydrogen-bond acceptors (Lipinski definition) is 1. The Bertz CT molecular complexity index is 224. The monoisotopic (exact) mass is 289 g/mol. The van der Waals surface area contributed by atoms with Gasteiger partial charge in [0.1, 0.15) is 0 Å². The quantitative estimate of drug-likeness (QED) is 0.770. The molecular formula is C13H24BrNO. The molecule has 0 bridgehead atoms. The molecule has 1 fully saturated rings. The molecule has 0 aromatic rings. The van der Waals surface area contributed by atoms with Crippen LogP contribution in [0, 0.1) is 5.92 Å². The van der Waals surface area contributed by atoms with Crippen LogP contribution in [0.4, 0.5) is 0 Å². The van der Waals surface area contributed by atoms with E-state index in [0.29, 0.717) is 12.3 Å². The molecule has 3 heteroatoms. The maximum atomic E-state index is 11.9. The van der Waals surface area contributed by atoms with Gasteiger partial charge in [0, 0.05) is 17.3 Å². The highest BCUT2D eigenvalue weighted by molar-refractivity contribution is 9.09. The van der Waals surface area contributed by atoms with Gasteiger partial charge in [-0.25, -0.2) is 0 Å². The van der Waals surface area contributed by atoms with Gasteiger partial charge in [0.25, 0.3) is 0 Å². The SMILES string of the molecule is CCC(C)CC(=O)NC1(CBr)CCCCC1. The van der Waals surface area contributed by atoms with E-state index >= 15 is 0 Å². The van der Waals surface area contributed by atoms with E-state index in [4.69, 9.17) is 0 Å². The molecule has 1 N–H and O–H groups in total. The number of alkyl halides is 1. The minimum absolute atomic E-state index is 0.0444. The highest BCUT2D eigenvalue weighted by atomic mass is 79.9. The van der Waals surface area contributed by atoms with Crippen LogP contribution >= 0.6 is 15.9 Å². The van der Waals surface area contributed by atoms with Crippen molar-refractivity contribution in [3.05, 3.63) is 0 Å². The van der Waals surface area contributed by atoms with Gasteiger partial charge in [0.05, 0.1) is 0 Å². The molecule has 0 saturated heterocycles. The second-order valence-corrected chi connectivity index (χ2v) is 5.80. The second-order valence-electron chi connectivity index (χ2n) is 5.24. The lowest BCUT2D eigenvalue weighted by Crippen LogP contribution is -2.51. The van der Waals surface area contributed by atoms with Crippen LogP contribution in [0.3, 0.4) is 0 Å². The smallest absolute Gasteiger partial charge is 0.220 e. The molecule has 1 unspecified atom stereocenters. The topological polar surface area (TPSA) is 29.1 Å². The minimum atomic E-state index is 0.0444. The first kappa shape index (κ1) is 14.0. The van der Waals surface area contributed by atoms with Crippen molar-refractivity contribution in [2.75, 3.05) is 5.33 Å². The molecule has 0 aromatic carbocycles. The van der Waals surface area contributed by atoms with Crippen molar-refractivity contribution in [3.63, 3.8) is 0 Å². The van der Waals surface area contributed by atoms with Gasteiger partial charge >= 0.3 is 0 Å². The molecule has 1 rings (SSSR count). The van der Waals surface area contributed by atoms with Crippen LogP contribution in [0.5, 0.6) is 0 Å². The van der Waals surface area contributed by atoms with E-state index in [0.717, 1.165) is 24.6 Å². The predicted octanol–water partition coefficient (Wildman–Crippen LogP) is 3.64. The van der Waals surface area contributed by atoms with Gasteiger partial charge in [-0.1, -0.05) is 55.5 Å². The molecule has 94 valence electrons. The zero-order valence-corrected chi connectivity index (χ0v) is 12.1. The zero-order valence-electron chi connectivity index (χ0n) is 10.5. The Morgan fingerprint density at radius 2 is 2.00 bits per heavy atom. The van der Waals surface area contributed by atoms with Crippen LogP contribution in [0.2, 0.25) is 0 Å². The summed E-state index contributed by atoms with van der Waals surface area (Å²) in [6.07, 6.45) is 7.81. The van der Waals surface area contributed by atoms with Gasteiger partial charge in [-0.05, 0) is 18.8 Å². The maximum absolute atomic E-state index is 11.9. The first-order valence-electron chi connectivity index (χ1n) is 6.49. The molecule has 0 aromatic heterocycles. The van der Waals surface area contributed by atoms with E-state index in [-0.39, 0.29) is 11.4 Å². The summed E-state index contributed by atoms with van der Waals surface area (Å²) in [6.45, 7) is 4.28. The van der Waals surface area contributed by atoms with E-state index in [1.807, 2.05) is 0 Å². The van der Waals surface area contributed by atoms with Gasteiger partial charge in [-0.15, -0.1) is 0 Å². The van der Waals surface area contributed by atoms with Crippen LogP contribution in [0.1, 0.15) is 58.8 Å². The molecule has 1 aliphatic carbocycles. The lowest BCUT2D eigenvalue weighted by molar-refractivity contribution is -0.124. The summed E-state index contributed by atoms with van der Waals surface area (Å²) in [5.74, 6) is 0.728. The Morgan fingerprint density at radius 1 is 1.38 bits per heavy atom. The van der Waals surface area contributed by atoms with Crippen molar-refractivity contribution in [1.82, 2.24) is 5.32 Å². The van der Waals surface area contributed by atoms with Crippen molar-refractivity contribution < 1.29 is 4.79 Å². The summed E-state index contributed by atoms with van der Waals surface area (Å²) in [5, 5.41) is 4.16. The summed E-state index contributed by atoms with van der Waals surface area (Å²) in [7, 11) is 0. The van der Waals surface area contributed by atoms with Crippen molar-refractivity contribution in [1.29, 1.82) is 0 Å². The summed E-state index contributed by atoms with van der Waals surface area (Å²) in [6, 6.07) is 0. The fourth-order valence-electron chi connectivity index (χ4n) is 2.33. The standard InChI is InChI=1S/C13H24BrNO/c1-3-11(2)9-12(16)15-13(10-14)7-5-4-6-8-13/h11H,3-10H2,1-2H3,(H,15,16). The highest BCUT2D eigenvalue weighted by Gasteiger charge is 2.32. The third-order valence-electron chi connectivity index (χ3n) is 3.70. The number of hydrogen-bond donors (Lipinski definition) is 1. The van der Waals surface area contributed by atoms with Crippen molar-refractivity contribution in [3.8, 4) is 0 Å². The fraction of sp³-hybridized carbons (Fsp3) is 0.923. The van der Waals surface area contributed by atoms with E-state index in [2.05, 4.69) is 35.1 Å². The van der Waals surface area contributed by atoms with Gasteiger partial charge in [-0.2, -0.15) is 0 Å². The maximum Gasteiger partial charge on any atom is 0.220 e. The molecule has 2 nitrogen and oxygen atoms in total. The third-order valence-corrected chi connectivity index (χ3v) is 4.78. The van der Waals surface area contributed by atoms with E-state index in [9.17, 15) is 4.79 Å². The Labute approximate surface area is 108 Å². The van der Waals surface area contributed by atoms with E-state index in [1.165, 1.54) is 19.3 Å². The normalized spacial score (nSPS) is 21.4. The summed E-state index contributed by atoms with van der Waals surface area (Å²) in [5.41, 5.74) is 0.0444. The number of amides is 1. The van der Waals surface area contributed by atoms with Crippen LogP contribution in [0.15, 0.2) is 0 Å². The first-order valence-corrected chi connectivity index (χ1v) is 7.61. The number of carbonyl (C=O) groups excluding carboxylic acids is 1. The van der Waals surface area contributed by atoms with E-state index in [1.54, 1.807) is 0 Å². The molecule has 1 amide bonds. The summed E-state index contributed by atoms with van der Waals surface area (Å²) >= 11 is 3.57. The van der Waals surface area contributed by atoms with Crippen LogP contribution in [-0.2, 0) is 4.79 Å². The summed E-state index contributed by atoms with van der Waals surface area (Å²) < 4.78 is 0. The molecule has 1 aliphatic rings. The minimum Gasteiger partial charge on any atom is -0.350 e. The molecule has 0 aliphatic heterocycles. The molecule has 0 heterocycles. The van der Waals surface area contributed by atoms with Crippen LogP contribution in [-0.4, -0.2) is 16.8 Å². The van der Waals surface area contributed by atoms with Crippen molar-refractivity contribution in [2.45, 2.75) is 64.3 Å². The predicted molar refractivity (Wildman–Crippen MR) is 71.8 cm³/mol. The number of rotatable bonds is 5. The molecular weight excluding hydrogens is 266 g/mol. The average Bonchev–Trinajstić information content (AvgIpc) is 2.29. The molecule has 1 saturated carbocycles. The van der Waals surface area contributed by atoms with Crippen LogP contribution < -0.4 is 5.32 Å². The van der Waals surface area contributed by atoms with Crippen LogP contribution in [0.25, 0.3) is 0 Å². The van der Waals surface area contributed by atoms with Crippen molar-refractivity contribution >= 4 is 21.8 Å². The molecule has 16 heavy (non-hydrogen) atoms. The average molecular weight is 290 g/mol. The van der Waals surface area contributed by atoms with Gasteiger partial charge < -0.3 is 5.32 Å². The third kappa shape index (κ3) is 4.08. The van der Waals surface area contributed by atoms with Crippen molar-refractivity contribution in [2.24, 2.45) is 5.92 Å². The Morgan fingerprint density at radius 3 is 2.50 bits per heavy atom. The van der Waals surface area contributed by atoms with E-state index < -0.39 is 0 Å². The molecule has 1 atom stereocenters.